The number of nitriles is 1. The molecule has 1 fully saturated rings. The van der Waals surface area contributed by atoms with Crippen LogP contribution in [0.4, 0.5) is 18.0 Å². The monoisotopic (exact) mass is 468 g/mol. The number of hydrogen-bond acceptors (Lipinski definition) is 5. The lowest BCUT2D eigenvalue weighted by atomic mass is 10.1. The molecule has 0 radical (unpaired) electrons. The number of thioether (sulfide) groups is 1. The second kappa shape index (κ2) is 7.69. The van der Waals surface area contributed by atoms with Crippen molar-refractivity contribution in [2.75, 3.05) is 0 Å². The van der Waals surface area contributed by atoms with E-state index in [9.17, 15) is 22.8 Å². The Hall–Kier alpha value is -2.77. The zero-order valence-electron chi connectivity index (χ0n) is 13.6. The first-order valence-electron chi connectivity index (χ1n) is 7.51. The van der Waals surface area contributed by atoms with Crippen LogP contribution in [0.5, 0.6) is 11.5 Å². The summed E-state index contributed by atoms with van der Waals surface area (Å²) in [5.41, 5.74) is -0.660. The summed E-state index contributed by atoms with van der Waals surface area (Å²) in [4.78, 5) is 23.0. The van der Waals surface area contributed by atoms with Crippen molar-refractivity contribution in [3.63, 3.8) is 0 Å². The van der Waals surface area contributed by atoms with Crippen LogP contribution in [0, 0.1) is 11.3 Å². The summed E-state index contributed by atoms with van der Waals surface area (Å²) in [6, 6.07) is 9.17. The zero-order chi connectivity index (χ0) is 20.5. The van der Waals surface area contributed by atoms with E-state index in [4.69, 9.17) is 10.00 Å². The average molecular weight is 469 g/mol. The highest BCUT2D eigenvalue weighted by molar-refractivity contribution is 9.10. The summed E-state index contributed by atoms with van der Waals surface area (Å²) < 4.78 is 45.5. The summed E-state index contributed by atoms with van der Waals surface area (Å²) in [7, 11) is 0. The standard InChI is InChI=1S/C18H8BrF3N2O3S/c19-12-6-9(7-15-16(25)24-17(26)28-15)1-4-14(12)27-13-3-2-10(8-23)5-11(13)18(20,21)22/h1-7H,(H,24,25,26). The van der Waals surface area contributed by atoms with Gasteiger partial charge in [0.25, 0.3) is 11.1 Å². The molecule has 1 aliphatic heterocycles. The van der Waals surface area contributed by atoms with Gasteiger partial charge < -0.3 is 4.74 Å². The molecule has 0 spiro atoms. The van der Waals surface area contributed by atoms with E-state index >= 15 is 0 Å². The fraction of sp³-hybridized carbons (Fsp3) is 0.0556. The van der Waals surface area contributed by atoms with Crippen molar-refractivity contribution in [3.05, 3.63) is 62.5 Å². The van der Waals surface area contributed by atoms with E-state index in [2.05, 4.69) is 21.2 Å². The van der Waals surface area contributed by atoms with Gasteiger partial charge in [-0.05, 0) is 69.7 Å². The highest BCUT2D eigenvalue weighted by atomic mass is 79.9. The molecule has 0 atom stereocenters. The van der Waals surface area contributed by atoms with Crippen molar-refractivity contribution < 1.29 is 27.5 Å². The molecule has 5 nitrogen and oxygen atoms in total. The number of alkyl halides is 3. The first kappa shape index (κ1) is 20.0. The van der Waals surface area contributed by atoms with E-state index in [1.54, 1.807) is 6.07 Å². The van der Waals surface area contributed by atoms with E-state index in [1.807, 2.05) is 0 Å². The van der Waals surface area contributed by atoms with Crippen LogP contribution >= 0.6 is 27.7 Å². The number of halogens is 4. The SMILES string of the molecule is N#Cc1ccc(Oc2ccc(C=C3SC(=O)NC3=O)cc2Br)c(C(F)(F)F)c1. The van der Waals surface area contributed by atoms with Crippen LogP contribution in [0.25, 0.3) is 6.08 Å². The molecule has 0 aliphatic carbocycles. The first-order chi connectivity index (χ1) is 13.2. The molecule has 1 N–H and O–H groups in total. The third-order valence-electron chi connectivity index (χ3n) is 3.53. The van der Waals surface area contributed by atoms with Crippen molar-refractivity contribution in [1.29, 1.82) is 5.26 Å². The number of carbonyl (C=O) groups excluding carboxylic acids is 2. The van der Waals surface area contributed by atoms with Crippen LogP contribution in [0.15, 0.2) is 45.8 Å². The molecular formula is C18H8BrF3N2O3S. The summed E-state index contributed by atoms with van der Waals surface area (Å²) in [6.45, 7) is 0. The Kier molecular flexibility index (Phi) is 5.49. The van der Waals surface area contributed by atoms with Gasteiger partial charge in [0.15, 0.2) is 0 Å². The minimum absolute atomic E-state index is 0.108. The van der Waals surface area contributed by atoms with Gasteiger partial charge in [-0.15, -0.1) is 0 Å². The van der Waals surface area contributed by atoms with Gasteiger partial charge in [0.05, 0.1) is 26.6 Å². The van der Waals surface area contributed by atoms with Gasteiger partial charge in [-0.1, -0.05) is 6.07 Å². The Balaban J connectivity index is 1.91. The molecule has 0 bridgehead atoms. The fourth-order valence-electron chi connectivity index (χ4n) is 2.29. The smallest absolute Gasteiger partial charge is 0.420 e. The van der Waals surface area contributed by atoms with Crippen molar-refractivity contribution in [2.24, 2.45) is 0 Å². The Morgan fingerprint density at radius 1 is 1.14 bits per heavy atom. The highest BCUT2D eigenvalue weighted by Crippen LogP contribution is 2.40. The summed E-state index contributed by atoms with van der Waals surface area (Å²) >= 11 is 3.97. The van der Waals surface area contributed by atoms with Crippen molar-refractivity contribution in [3.8, 4) is 17.6 Å². The van der Waals surface area contributed by atoms with E-state index in [0.717, 1.165) is 23.9 Å². The number of ether oxygens (including phenoxy) is 1. The molecule has 1 aliphatic rings. The van der Waals surface area contributed by atoms with E-state index < -0.39 is 28.6 Å². The number of rotatable bonds is 3. The number of amides is 2. The molecule has 28 heavy (non-hydrogen) atoms. The van der Waals surface area contributed by atoms with Gasteiger partial charge in [0.2, 0.25) is 0 Å². The lowest BCUT2D eigenvalue weighted by Gasteiger charge is -2.15. The van der Waals surface area contributed by atoms with Gasteiger partial charge in [-0.2, -0.15) is 18.4 Å². The minimum Gasteiger partial charge on any atom is -0.456 e. The lowest BCUT2D eigenvalue weighted by Crippen LogP contribution is -2.17. The Bertz CT molecular complexity index is 1060. The maximum atomic E-state index is 13.3. The van der Waals surface area contributed by atoms with Crippen LogP contribution in [-0.4, -0.2) is 11.1 Å². The third kappa shape index (κ3) is 4.37. The van der Waals surface area contributed by atoms with Gasteiger partial charge in [-0.25, -0.2) is 0 Å². The first-order valence-corrected chi connectivity index (χ1v) is 9.12. The average Bonchev–Trinajstić information content (AvgIpc) is 2.93. The molecule has 2 aromatic rings. The number of nitrogens with one attached hydrogen (secondary N) is 1. The second-order valence-electron chi connectivity index (χ2n) is 5.46. The van der Waals surface area contributed by atoms with Crippen LogP contribution in [0.1, 0.15) is 16.7 Å². The molecule has 10 heteroatoms. The number of imide groups is 1. The molecule has 3 rings (SSSR count). The van der Waals surface area contributed by atoms with Crippen LogP contribution in [0.2, 0.25) is 0 Å². The molecule has 0 saturated carbocycles. The molecular weight excluding hydrogens is 461 g/mol. The molecule has 2 amide bonds. The molecule has 0 aromatic heterocycles. The number of benzene rings is 2. The van der Waals surface area contributed by atoms with Gasteiger partial charge in [0.1, 0.15) is 11.5 Å². The second-order valence-corrected chi connectivity index (χ2v) is 7.33. The topological polar surface area (TPSA) is 79.2 Å². The third-order valence-corrected chi connectivity index (χ3v) is 4.96. The van der Waals surface area contributed by atoms with Crippen molar-refractivity contribution in [2.45, 2.75) is 6.18 Å². The van der Waals surface area contributed by atoms with Crippen molar-refractivity contribution in [1.82, 2.24) is 5.32 Å². The quantitative estimate of drug-likeness (QED) is 0.605. The fourth-order valence-corrected chi connectivity index (χ4v) is 3.45. The lowest BCUT2D eigenvalue weighted by molar-refractivity contribution is -0.138. The van der Waals surface area contributed by atoms with Crippen LogP contribution < -0.4 is 10.1 Å². The zero-order valence-corrected chi connectivity index (χ0v) is 16.0. The van der Waals surface area contributed by atoms with Crippen LogP contribution in [0.3, 0.4) is 0 Å². The number of carbonyl (C=O) groups is 2. The molecule has 2 aromatic carbocycles. The highest BCUT2D eigenvalue weighted by Gasteiger charge is 2.35. The number of hydrogen-bond donors (Lipinski definition) is 1. The van der Waals surface area contributed by atoms with Gasteiger partial charge in [-0.3, -0.25) is 14.9 Å². The number of nitrogens with zero attached hydrogens (tertiary/aromatic N) is 1. The Morgan fingerprint density at radius 2 is 1.86 bits per heavy atom. The Labute approximate surface area is 169 Å². The summed E-state index contributed by atoms with van der Waals surface area (Å²) in [5.74, 6) is -0.856. The Morgan fingerprint density at radius 3 is 2.43 bits per heavy atom. The summed E-state index contributed by atoms with van der Waals surface area (Å²) in [6.07, 6.45) is -3.22. The molecule has 1 heterocycles. The van der Waals surface area contributed by atoms with E-state index in [-0.39, 0.29) is 16.2 Å². The maximum Gasteiger partial charge on any atom is 0.420 e. The predicted octanol–water partition coefficient (Wildman–Crippen LogP) is 5.46. The largest absolute Gasteiger partial charge is 0.456 e. The molecule has 142 valence electrons. The molecule has 0 unspecified atom stereocenters. The normalized spacial score (nSPS) is 15.5. The van der Waals surface area contributed by atoms with E-state index in [1.165, 1.54) is 30.3 Å². The van der Waals surface area contributed by atoms with Gasteiger partial charge >= 0.3 is 6.18 Å². The molecule has 1 saturated heterocycles. The van der Waals surface area contributed by atoms with Crippen LogP contribution in [-0.2, 0) is 11.0 Å². The summed E-state index contributed by atoms with van der Waals surface area (Å²) in [5, 5.41) is 10.5. The predicted molar refractivity (Wildman–Crippen MR) is 99.5 cm³/mol. The maximum absolute atomic E-state index is 13.3. The van der Waals surface area contributed by atoms with Crippen molar-refractivity contribution >= 4 is 44.9 Å². The van der Waals surface area contributed by atoms with Gasteiger partial charge in [0, 0.05) is 0 Å². The van der Waals surface area contributed by atoms with E-state index in [0.29, 0.717) is 10.0 Å². The minimum atomic E-state index is -4.70.